The second-order valence-electron chi connectivity index (χ2n) is 4.19. The number of hydrogen-bond acceptors (Lipinski definition) is 4. The van der Waals surface area contributed by atoms with Crippen LogP contribution in [-0.4, -0.2) is 16.9 Å². The molecule has 112 valence electrons. The Balaban J connectivity index is 2.56. The summed E-state index contributed by atoms with van der Waals surface area (Å²) in [6, 6.07) is 6.76. The number of thiocarbonyl (C=S) groups is 1. The monoisotopic (exact) mass is 307 g/mol. The Kier molecular flexibility index (Phi) is 6.15. The molecule has 1 aromatic rings. The fourth-order valence-electron chi connectivity index (χ4n) is 1.41. The number of rotatable bonds is 5. The van der Waals surface area contributed by atoms with E-state index in [0.29, 0.717) is 17.1 Å². The molecule has 0 spiro atoms. The van der Waals surface area contributed by atoms with Crippen LogP contribution in [0.1, 0.15) is 13.8 Å². The van der Waals surface area contributed by atoms with Gasteiger partial charge in [-0.1, -0.05) is 0 Å². The van der Waals surface area contributed by atoms with Crippen molar-refractivity contribution in [1.29, 1.82) is 0 Å². The molecule has 7 nitrogen and oxygen atoms in total. The van der Waals surface area contributed by atoms with E-state index < -0.39 is 0 Å². The number of nitrogens with one attached hydrogen (secondary N) is 4. The van der Waals surface area contributed by atoms with Gasteiger partial charge in [-0.05, 0) is 43.4 Å². The summed E-state index contributed by atoms with van der Waals surface area (Å²) in [4.78, 5) is 22.6. The number of carbonyl (C=O) groups is 2. The summed E-state index contributed by atoms with van der Waals surface area (Å²) >= 11 is 4.62. The Labute approximate surface area is 127 Å². The predicted octanol–water partition coefficient (Wildman–Crippen LogP) is 0.825. The summed E-state index contributed by atoms with van der Waals surface area (Å²) in [5.41, 5.74) is 12.2. The topological polar surface area (TPSA) is 108 Å². The van der Waals surface area contributed by atoms with Gasteiger partial charge in [-0.2, -0.15) is 0 Å². The number of hydrazine groups is 1. The summed E-state index contributed by atoms with van der Waals surface area (Å²) in [5.74, 6) is -0.459. The van der Waals surface area contributed by atoms with E-state index in [4.69, 9.17) is 5.73 Å². The third-order valence-electron chi connectivity index (χ3n) is 2.20. The van der Waals surface area contributed by atoms with Crippen LogP contribution in [0.25, 0.3) is 0 Å². The highest BCUT2D eigenvalue weighted by molar-refractivity contribution is 7.80. The molecule has 0 saturated carbocycles. The number of carbonyl (C=O) groups excluding carboxylic acids is 2. The molecule has 6 N–H and O–H groups in total. The van der Waals surface area contributed by atoms with Gasteiger partial charge in [-0.15, -0.1) is 0 Å². The molecular weight excluding hydrogens is 290 g/mol. The fraction of sp³-hybridized carbons (Fsp3) is 0.154. The lowest BCUT2D eigenvalue weighted by molar-refractivity contribution is -0.114. The molecule has 0 saturated heterocycles. The number of benzene rings is 1. The molecule has 0 aliphatic carbocycles. The van der Waals surface area contributed by atoms with Gasteiger partial charge in [0, 0.05) is 30.1 Å². The predicted molar refractivity (Wildman–Crippen MR) is 86.2 cm³/mol. The van der Waals surface area contributed by atoms with E-state index in [1.165, 1.54) is 13.0 Å². The number of hydrogen-bond donors (Lipinski definition) is 5. The summed E-state index contributed by atoms with van der Waals surface area (Å²) in [6.45, 7) is 3.11. The van der Waals surface area contributed by atoms with Crippen LogP contribution in [-0.2, 0) is 9.59 Å². The van der Waals surface area contributed by atoms with Crippen LogP contribution in [0, 0.1) is 0 Å². The van der Waals surface area contributed by atoms with Gasteiger partial charge in [-0.25, -0.2) is 0 Å². The largest absolute Gasteiger partial charge is 0.375 e. The van der Waals surface area contributed by atoms with Crippen molar-refractivity contribution in [2.45, 2.75) is 13.8 Å². The highest BCUT2D eigenvalue weighted by atomic mass is 32.1. The first kappa shape index (κ1) is 16.4. The molecule has 0 unspecified atom stereocenters. The maximum Gasteiger partial charge on any atom is 0.250 e. The van der Waals surface area contributed by atoms with Crippen LogP contribution >= 0.6 is 12.2 Å². The summed E-state index contributed by atoms with van der Waals surface area (Å²) in [7, 11) is 0. The minimum absolute atomic E-state index is 0.0803. The molecule has 2 amide bonds. The number of allylic oxidation sites excluding steroid dienone is 1. The first-order valence-electron chi connectivity index (χ1n) is 6.05. The smallest absolute Gasteiger partial charge is 0.250 e. The highest BCUT2D eigenvalue weighted by Crippen LogP contribution is 2.13. The van der Waals surface area contributed by atoms with Crippen LogP contribution in [0.4, 0.5) is 11.4 Å². The average molecular weight is 307 g/mol. The Hall–Kier alpha value is -2.61. The molecule has 0 heterocycles. The first-order valence-corrected chi connectivity index (χ1v) is 6.46. The first-order chi connectivity index (χ1) is 9.86. The van der Waals surface area contributed by atoms with Crippen molar-refractivity contribution in [3.05, 3.63) is 36.0 Å². The fourth-order valence-corrected chi connectivity index (χ4v) is 1.46. The third-order valence-corrected chi connectivity index (χ3v) is 2.31. The zero-order chi connectivity index (χ0) is 15.8. The zero-order valence-electron chi connectivity index (χ0n) is 11.7. The summed E-state index contributed by atoms with van der Waals surface area (Å²) in [5, 5.41) is 5.40. The molecule has 0 radical (unpaired) electrons. The molecule has 0 aromatic heterocycles. The normalized spacial score (nSPS) is 10.5. The van der Waals surface area contributed by atoms with Gasteiger partial charge in [-0.3, -0.25) is 15.0 Å². The summed E-state index contributed by atoms with van der Waals surface area (Å²) < 4.78 is 0. The lowest BCUT2D eigenvalue weighted by atomic mass is 10.2. The van der Waals surface area contributed by atoms with Crippen molar-refractivity contribution in [3.63, 3.8) is 0 Å². The molecular formula is C13H17N5O2S. The highest BCUT2D eigenvalue weighted by Gasteiger charge is 2.01. The molecule has 0 bridgehead atoms. The van der Waals surface area contributed by atoms with E-state index in [2.05, 4.69) is 33.7 Å². The van der Waals surface area contributed by atoms with Crippen molar-refractivity contribution in [3.8, 4) is 0 Å². The van der Waals surface area contributed by atoms with E-state index in [1.807, 2.05) is 0 Å². The van der Waals surface area contributed by atoms with Crippen molar-refractivity contribution >= 4 is 40.5 Å². The average Bonchev–Trinajstić information content (AvgIpc) is 2.38. The standard InChI is InChI=1S/C13H17N5O2S/c1-8(17-18-13(14)21)7-12(20)16-11-5-3-10(4-6-11)15-9(2)19/h3-7,17H,1-2H3,(H,15,19)(H,16,20)(H3,14,18,21)/b8-7-. The molecule has 1 rings (SSSR count). The van der Waals surface area contributed by atoms with Crippen LogP contribution in [0.15, 0.2) is 36.0 Å². The van der Waals surface area contributed by atoms with E-state index in [-0.39, 0.29) is 16.9 Å². The lowest BCUT2D eigenvalue weighted by Gasteiger charge is -2.08. The molecule has 0 fully saturated rings. The molecule has 0 aliphatic heterocycles. The minimum atomic E-state index is -0.308. The molecule has 0 atom stereocenters. The molecule has 0 aliphatic rings. The molecule has 8 heteroatoms. The second kappa shape index (κ2) is 7.85. The Morgan fingerprint density at radius 3 is 2.05 bits per heavy atom. The van der Waals surface area contributed by atoms with Crippen LogP contribution in [0.3, 0.4) is 0 Å². The van der Waals surface area contributed by atoms with E-state index in [0.717, 1.165) is 0 Å². The molecule has 21 heavy (non-hydrogen) atoms. The number of anilines is 2. The van der Waals surface area contributed by atoms with Crippen LogP contribution in [0.5, 0.6) is 0 Å². The maximum absolute atomic E-state index is 11.7. The Morgan fingerprint density at radius 1 is 1.05 bits per heavy atom. The second-order valence-corrected chi connectivity index (χ2v) is 4.63. The third kappa shape index (κ3) is 6.92. The van der Waals surface area contributed by atoms with E-state index in [1.54, 1.807) is 31.2 Å². The maximum atomic E-state index is 11.7. The van der Waals surface area contributed by atoms with Gasteiger partial charge in [0.25, 0.3) is 0 Å². The quantitative estimate of drug-likeness (QED) is 0.313. The number of amides is 2. The van der Waals surface area contributed by atoms with Gasteiger partial charge in [0.15, 0.2) is 5.11 Å². The van der Waals surface area contributed by atoms with Crippen LogP contribution < -0.4 is 27.2 Å². The van der Waals surface area contributed by atoms with Crippen molar-refractivity contribution in [2.75, 3.05) is 10.6 Å². The number of nitrogens with two attached hydrogens (primary N) is 1. The van der Waals surface area contributed by atoms with E-state index in [9.17, 15) is 9.59 Å². The minimum Gasteiger partial charge on any atom is -0.375 e. The van der Waals surface area contributed by atoms with Gasteiger partial charge in [0.2, 0.25) is 11.8 Å². The van der Waals surface area contributed by atoms with Gasteiger partial charge in [0.05, 0.1) is 0 Å². The SMILES string of the molecule is CC(=O)Nc1ccc(NC(=O)/C=C(/C)NNC(N)=S)cc1. The Morgan fingerprint density at radius 2 is 1.57 bits per heavy atom. The zero-order valence-corrected chi connectivity index (χ0v) is 12.5. The molecule has 1 aromatic carbocycles. The van der Waals surface area contributed by atoms with Crippen molar-refractivity contribution < 1.29 is 9.59 Å². The van der Waals surface area contributed by atoms with Crippen molar-refractivity contribution in [1.82, 2.24) is 10.9 Å². The Bertz CT molecular complexity index is 568. The van der Waals surface area contributed by atoms with Gasteiger partial charge < -0.3 is 21.8 Å². The van der Waals surface area contributed by atoms with Gasteiger partial charge in [0.1, 0.15) is 0 Å². The van der Waals surface area contributed by atoms with Gasteiger partial charge >= 0.3 is 0 Å². The van der Waals surface area contributed by atoms with Crippen LogP contribution in [0.2, 0.25) is 0 Å². The van der Waals surface area contributed by atoms with E-state index >= 15 is 0 Å². The lowest BCUT2D eigenvalue weighted by Crippen LogP contribution is -2.39. The van der Waals surface area contributed by atoms with Crippen molar-refractivity contribution in [2.24, 2.45) is 5.73 Å². The summed E-state index contributed by atoms with van der Waals surface area (Å²) in [6.07, 6.45) is 1.35.